The van der Waals surface area contributed by atoms with E-state index in [1.165, 1.54) is 19.8 Å². The normalized spacial score (nSPS) is 46.8. The van der Waals surface area contributed by atoms with Crippen LogP contribution in [-0.4, -0.2) is 45.2 Å². The highest BCUT2D eigenvalue weighted by molar-refractivity contribution is 5.66. The van der Waals surface area contributed by atoms with E-state index in [4.69, 9.17) is 4.74 Å². The van der Waals surface area contributed by atoms with E-state index in [9.17, 15) is 20.1 Å². The number of carbonyl (C=O) groups is 1. The first-order chi connectivity index (χ1) is 16.3. The predicted octanol–water partition coefficient (Wildman–Crippen LogP) is 5.26. The summed E-state index contributed by atoms with van der Waals surface area (Å²) in [7, 11) is 0. The molecule has 0 amide bonds. The molecule has 3 saturated carbocycles. The van der Waals surface area contributed by atoms with E-state index in [-0.39, 0.29) is 29.3 Å². The molecule has 11 unspecified atom stereocenters. The lowest BCUT2D eigenvalue weighted by atomic mass is 9.44. The van der Waals surface area contributed by atoms with E-state index >= 15 is 0 Å². The first-order valence-electron chi connectivity index (χ1n) is 14.2. The molecule has 5 heteroatoms. The van der Waals surface area contributed by atoms with Gasteiger partial charge in [-0.3, -0.25) is 4.79 Å². The van der Waals surface area contributed by atoms with Crippen LogP contribution in [0, 0.1) is 46.3 Å². The predicted molar refractivity (Wildman–Crippen MR) is 137 cm³/mol. The Balaban J connectivity index is 1.61. The molecule has 11 atom stereocenters. The molecule has 3 fully saturated rings. The summed E-state index contributed by atoms with van der Waals surface area (Å²) in [6.07, 6.45) is 7.03. The fourth-order valence-corrected chi connectivity index (χ4v) is 8.98. The summed E-state index contributed by atoms with van der Waals surface area (Å²) in [5.41, 5.74) is -1.17. The van der Waals surface area contributed by atoms with Gasteiger partial charge in [-0.25, -0.2) is 0 Å². The van der Waals surface area contributed by atoms with Gasteiger partial charge in [0.25, 0.3) is 0 Å². The van der Waals surface area contributed by atoms with Gasteiger partial charge in [-0.2, -0.15) is 0 Å². The zero-order valence-electron chi connectivity index (χ0n) is 23.1. The number of carbonyl (C=O) groups excluding carboxylic acids is 1. The van der Waals surface area contributed by atoms with Crippen LogP contribution in [-0.2, 0) is 9.53 Å². The molecule has 0 spiro atoms. The third-order valence-electron chi connectivity index (χ3n) is 11.5. The minimum atomic E-state index is -1.34. The average molecular weight is 491 g/mol. The van der Waals surface area contributed by atoms with E-state index in [0.717, 1.165) is 18.4 Å². The van der Waals surface area contributed by atoms with Crippen LogP contribution in [0.5, 0.6) is 0 Å². The van der Waals surface area contributed by atoms with Crippen molar-refractivity contribution >= 4 is 5.97 Å². The Kier molecular flexibility index (Phi) is 7.32. The number of esters is 1. The first kappa shape index (κ1) is 27.1. The number of rotatable bonds is 6. The van der Waals surface area contributed by atoms with E-state index in [2.05, 4.69) is 34.6 Å². The molecule has 0 aromatic heterocycles. The minimum absolute atomic E-state index is 0.0736. The van der Waals surface area contributed by atoms with E-state index in [1.54, 1.807) is 0 Å². The van der Waals surface area contributed by atoms with Crippen molar-refractivity contribution in [1.29, 1.82) is 0 Å². The molecule has 0 heterocycles. The van der Waals surface area contributed by atoms with Crippen molar-refractivity contribution in [3.63, 3.8) is 0 Å². The third kappa shape index (κ3) is 4.22. The van der Waals surface area contributed by atoms with Crippen molar-refractivity contribution in [3.05, 3.63) is 11.6 Å². The maximum atomic E-state index is 12.4. The fraction of sp³-hybridized carbons (Fsp3) is 0.900. The van der Waals surface area contributed by atoms with Gasteiger partial charge >= 0.3 is 5.97 Å². The minimum Gasteiger partial charge on any atom is -0.463 e. The second-order valence-corrected chi connectivity index (χ2v) is 13.6. The van der Waals surface area contributed by atoms with Crippen LogP contribution in [0.4, 0.5) is 0 Å². The van der Waals surface area contributed by atoms with Crippen LogP contribution in [0.1, 0.15) is 99.8 Å². The van der Waals surface area contributed by atoms with Crippen molar-refractivity contribution in [3.8, 4) is 0 Å². The molecule has 0 saturated heterocycles. The molecule has 0 aromatic rings. The first-order valence-corrected chi connectivity index (χ1v) is 14.2. The Morgan fingerprint density at radius 3 is 2.43 bits per heavy atom. The largest absolute Gasteiger partial charge is 0.463 e. The quantitative estimate of drug-likeness (QED) is 0.349. The smallest absolute Gasteiger partial charge is 0.302 e. The highest BCUT2D eigenvalue weighted by Crippen LogP contribution is 2.68. The summed E-state index contributed by atoms with van der Waals surface area (Å²) in [6.45, 7) is 15.1. The summed E-state index contributed by atoms with van der Waals surface area (Å²) < 4.78 is 5.49. The number of ether oxygens (including phenoxy) is 1. The van der Waals surface area contributed by atoms with Gasteiger partial charge in [-0.05, 0) is 79.1 Å². The molecule has 0 bridgehead atoms. The number of hydrogen-bond acceptors (Lipinski definition) is 5. The second kappa shape index (κ2) is 9.44. The van der Waals surface area contributed by atoms with Crippen LogP contribution < -0.4 is 0 Å². The third-order valence-corrected chi connectivity index (χ3v) is 11.5. The average Bonchev–Trinajstić information content (AvgIpc) is 3.11. The molecular weight excluding hydrogens is 440 g/mol. The van der Waals surface area contributed by atoms with Crippen molar-refractivity contribution in [2.75, 3.05) is 0 Å². The number of aliphatic hydroxyl groups excluding tert-OH is 2. The van der Waals surface area contributed by atoms with Gasteiger partial charge in [0.2, 0.25) is 0 Å². The molecule has 200 valence electrons. The summed E-state index contributed by atoms with van der Waals surface area (Å²) in [4.78, 5) is 11.6. The fourth-order valence-electron chi connectivity index (χ4n) is 8.98. The van der Waals surface area contributed by atoms with E-state index in [0.29, 0.717) is 49.4 Å². The topological polar surface area (TPSA) is 87.0 Å². The van der Waals surface area contributed by atoms with Gasteiger partial charge in [-0.1, -0.05) is 60.5 Å². The zero-order chi connectivity index (χ0) is 25.9. The van der Waals surface area contributed by atoms with Crippen molar-refractivity contribution in [2.24, 2.45) is 46.3 Å². The Hall–Kier alpha value is -0.910. The van der Waals surface area contributed by atoms with Gasteiger partial charge in [-0.15, -0.1) is 0 Å². The monoisotopic (exact) mass is 490 g/mol. The Labute approximate surface area is 212 Å². The zero-order valence-corrected chi connectivity index (χ0v) is 23.1. The highest BCUT2D eigenvalue weighted by Gasteiger charge is 2.69. The number of hydrogen-bond donors (Lipinski definition) is 3. The second-order valence-electron chi connectivity index (χ2n) is 13.6. The van der Waals surface area contributed by atoms with Gasteiger partial charge in [0, 0.05) is 18.3 Å². The summed E-state index contributed by atoms with van der Waals surface area (Å²) in [5, 5.41) is 35.4. The van der Waals surface area contributed by atoms with Crippen LogP contribution in [0.25, 0.3) is 0 Å². The van der Waals surface area contributed by atoms with Gasteiger partial charge < -0.3 is 20.1 Å². The highest BCUT2D eigenvalue weighted by atomic mass is 16.5. The molecule has 4 aliphatic rings. The number of fused-ring (bicyclic) bond motifs is 5. The Morgan fingerprint density at radius 2 is 1.80 bits per heavy atom. The molecule has 0 aromatic carbocycles. The Morgan fingerprint density at radius 1 is 1.11 bits per heavy atom. The summed E-state index contributed by atoms with van der Waals surface area (Å²) >= 11 is 0. The molecule has 4 aliphatic carbocycles. The summed E-state index contributed by atoms with van der Waals surface area (Å²) in [6, 6.07) is 0. The van der Waals surface area contributed by atoms with E-state index < -0.39 is 23.2 Å². The SMILES string of the molecule is CC(=O)OC1CCC2(C)C(C1)C(O)C=C1C3CCC(C(C)CCC(C)C(C)C)C3(C)CC(O)C12O. The van der Waals surface area contributed by atoms with Gasteiger partial charge in [0.05, 0.1) is 12.2 Å². The molecule has 0 radical (unpaired) electrons. The lowest BCUT2D eigenvalue weighted by Crippen LogP contribution is -2.69. The van der Waals surface area contributed by atoms with Gasteiger partial charge in [0.1, 0.15) is 11.7 Å². The molecule has 3 N–H and O–H groups in total. The lowest BCUT2D eigenvalue weighted by Gasteiger charge is -2.64. The van der Waals surface area contributed by atoms with Crippen molar-refractivity contribution in [1.82, 2.24) is 0 Å². The van der Waals surface area contributed by atoms with Crippen LogP contribution in [0.15, 0.2) is 11.6 Å². The lowest BCUT2D eigenvalue weighted by molar-refractivity contribution is -0.224. The molecular formula is C30H50O5. The van der Waals surface area contributed by atoms with E-state index in [1.807, 2.05) is 13.0 Å². The molecule has 0 aliphatic heterocycles. The van der Waals surface area contributed by atoms with Gasteiger partial charge in [0.15, 0.2) is 0 Å². The van der Waals surface area contributed by atoms with Crippen molar-refractivity contribution < 1.29 is 24.9 Å². The summed E-state index contributed by atoms with van der Waals surface area (Å²) in [5.74, 6) is 2.11. The standard InChI is InChI=1S/C30H50O5/c1-17(2)18(3)8-9-19(4)22-10-11-23-24-15-26(32)25-14-21(35-20(5)31)12-13-29(25,7)30(24,34)27(33)16-28(22,23)6/h15,17-19,21-23,25-27,32-34H,8-14,16H2,1-7H3. The molecule has 4 rings (SSSR count). The maximum Gasteiger partial charge on any atom is 0.302 e. The maximum absolute atomic E-state index is 12.4. The van der Waals surface area contributed by atoms with Crippen LogP contribution in [0.3, 0.4) is 0 Å². The number of aliphatic hydroxyl groups is 3. The van der Waals surface area contributed by atoms with Crippen LogP contribution >= 0.6 is 0 Å². The molecule has 5 nitrogen and oxygen atoms in total. The van der Waals surface area contributed by atoms with Crippen LogP contribution in [0.2, 0.25) is 0 Å². The van der Waals surface area contributed by atoms with Crippen molar-refractivity contribution in [2.45, 2.75) is 124 Å². The Bertz CT molecular complexity index is 837. The molecule has 35 heavy (non-hydrogen) atoms.